The molecule has 0 atom stereocenters. The van der Waals surface area contributed by atoms with Crippen molar-refractivity contribution in [1.82, 2.24) is 0 Å². The van der Waals surface area contributed by atoms with Crippen LogP contribution >= 0.6 is 0 Å². The van der Waals surface area contributed by atoms with Gasteiger partial charge in [-0.3, -0.25) is 0 Å². The largest absolute Gasteiger partial charge is 0.207 e. The minimum absolute atomic E-state index is 0.173. The van der Waals surface area contributed by atoms with Gasteiger partial charge in [0.05, 0.1) is 0 Å². The van der Waals surface area contributed by atoms with Crippen molar-refractivity contribution in [3.8, 4) is 0 Å². The molecule has 1 aliphatic rings. The fraction of sp³-hybridized carbons (Fsp3) is 0.286. The minimum atomic E-state index is -0.173. The van der Waals surface area contributed by atoms with Gasteiger partial charge in [-0.05, 0) is 55.5 Å². The maximum absolute atomic E-state index is 12.8. The highest BCUT2D eigenvalue weighted by Crippen LogP contribution is 2.31. The average Bonchev–Trinajstić information content (AvgIpc) is 2.24. The Bertz CT molecular complexity index is 421. The molecule has 1 aliphatic carbocycles. The Hall–Kier alpha value is -1.37. The van der Waals surface area contributed by atoms with Gasteiger partial charge in [-0.15, -0.1) is 0 Å². The van der Waals surface area contributed by atoms with Crippen molar-refractivity contribution in [2.75, 3.05) is 0 Å². The molecule has 0 bridgehead atoms. The average molecular weight is 202 g/mol. The van der Waals surface area contributed by atoms with Crippen LogP contribution in [0.2, 0.25) is 0 Å². The first-order valence-corrected chi connectivity index (χ1v) is 5.31. The summed E-state index contributed by atoms with van der Waals surface area (Å²) in [4.78, 5) is 0. The first-order valence-electron chi connectivity index (χ1n) is 5.31. The molecule has 0 spiro atoms. The molecule has 1 aromatic rings. The number of hydrogen-bond donors (Lipinski definition) is 0. The van der Waals surface area contributed by atoms with Crippen molar-refractivity contribution in [3.05, 3.63) is 52.9 Å². The lowest BCUT2D eigenvalue weighted by Gasteiger charge is -2.17. The maximum Gasteiger partial charge on any atom is 0.123 e. The molecule has 0 aliphatic heterocycles. The highest BCUT2D eigenvalue weighted by atomic mass is 19.1. The predicted molar refractivity (Wildman–Crippen MR) is 62.0 cm³/mol. The van der Waals surface area contributed by atoms with Crippen LogP contribution in [0.25, 0.3) is 5.57 Å². The summed E-state index contributed by atoms with van der Waals surface area (Å²) in [6.07, 6.45) is 4.49. The van der Waals surface area contributed by atoms with Gasteiger partial charge in [0.25, 0.3) is 0 Å². The van der Waals surface area contributed by atoms with Crippen molar-refractivity contribution in [1.29, 1.82) is 0 Å². The van der Waals surface area contributed by atoms with E-state index in [1.165, 1.54) is 28.9 Å². The van der Waals surface area contributed by atoms with Crippen molar-refractivity contribution < 1.29 is 4.39 Å². The van der Waals surface area contributed by atoms with E-state index in [1.807, 2.05) is 12.1 Å². The highest BCUT2D eigenvalue weighted by molar-refractivity contribution is 5.80. The van der Waals surface area contributed by atoms with E-state index in [4.69, 9.17) is 0 Å². The molecular formula is C14H15F. The van der Waals surface area contributed by atoms with E-state index in [9.17, 15) is 4.39 Å². The lowest BCUT2D eigenvalue weighted by atomic mass is 9.88. The summed E-state index contributed by atoms with van der Waals surface area (Å²) in [6.45, 7) is 4.32. The summed E-state index contributed by atoms with van der Waals surface area (Å²) in [7, 11) is 0. The molecule has 78 valence electrons. The van der Waals surface area contributed by atoms with Crippen molar-refractivity contribution >= 4 is 5.57 Å². The maximum atomic E-state index is 12.8. The molecule has 0 N–H and O–H groups in total. The van der Waals surface area contributed by atoms with Gasteiger partial charge in [0, 0.05) is 0 Å². The fourth-order valence-corrected chi connectivity index (χ4v) is 1.97. The quantitative estimate of drug-likeness (QED) is 0.635. The van der Waals surface area contributed by atoms with E-state index in [2.05, 4.69) is 19.9 Å². The normalized spacial score (nSPS) is 16.6. The minimum Gasteiger partial charge on any atom is -0.207 e. The molecule has 0 heterocycles. The van der Waals surface area contributed by atoms with Gasteiger partial charge in [0.1, 0.15) is 5.82 Å². The van der Waals surface area contributed by atoms with Crippen LogP contribution < -0.4 is 0 Å². The van der Waals surface area contributed by atoms with Gasteiger partial charge in [0.15, 0.2) is 0 Å². The van der Waals surface area contributed by atoms with Gasteiger partial charge < -0.3 is 0 Å². The Kier molecular flexibility index (Phi) is 2.72. The summed E-state index contributed by atoms with van der Waals surface area (Å²) in [5.41, 5.74) is 5.16. The Balaban J connectivity index is 2.40. The SMILES string of the molecule is CC1=C(C)C(c2ccc(F)cc2)=CCC1. The van der Waals surface area contributed by atoms with E-state index in [0.717, 1.165) is 18.4 Å². The molecule has 2 rings (SSSR count). The number of allylic oxidation sites excluding steroid dienone is 4. The Labute approximate surface area is 90.1 Å². The molecule has 15 heavy (non-hydrogen) atoms. The third-order valence-corrected chi connectivity index (χ3v) is 3.07. The number of benzene rings is 1. The standard InChI is InChI=1S/C14H15F/c1-10-4-3-5-14(11(10)2)12-6-8-13(15)9-7-12/h5-9H,3-4H2,1-2H3. The van der Waals surface area contributed by atoms with E-state index in [1.54, 1.807) is 0 Å². The number of hydrogen-bond acceptors (Lipinski definition) is 0. The number of rotatable bonds is 1. The molecule has 0 saturated heterocycles. The van der Waals surface area contributed by atoms with Crippen LogP contribution in [0.3, 0.4) is 0 Å². The van der Waals surface area contributed by atoms with Crippen molar-refractivity contribution in [2.24, 2.45) is 0 Å². The molecule has 0 amide bonds. The van der Waals surface area contributed by atoms with Crippen LogP contribution in [0.1, 0.15) is 32.3 Å². The summed E-state index contributed by atoms with van der Waals surface area (Å²) in [5, 5.41) is 0. The van der Waals surface area contributed by atoms with E-state index in [0.29, 0.717) is 0 Å². The van der Waals surface area contributed by atoms with Gasteiger partial charge in [-0.25, -0.2) is 4.39 Å². The third-order valence-electron chi connectivity index (χ3n) is 3.07. The second-order valence-electron chi connectivity index (χ2n) is 4.07. The lowest BCUT2D eigenvalue weighted by Crippen LogP contribution is -1.96. The second kappa shape index (κ2) is 4.01. The molecule has 0 aromatic heterocycles. The monoisotopic (exact) mass is 202 g/mol. The molecule has 0 unspecified atom stereocenters. The van der Waals surface area contributed by atoms with Crippen LogP contribution in [-0.4, -0.2) is 0 Å². The van der Waals surface area contributed by atoms with E-state index in [-0.39, 0.29) is 5.82 Å². The van der Waals surface area contributed by atoms with Gasteiger partial charge >= 0.3 is 0 Å². The summed E-state index contributed by atoms with van der Waals surface area (Å²) < 4.78 is 12.8. The molecule has 0 fully saturated rings. The van der Waals surface area contributed by atoms with E-state index >= 15 is 0 Å². The molecule has 0 nitrogen and oxygen atoms in total. The zero-order chi connectivity index (χ0) is 10.8. The van der Waals surface area contributed by atoms with Gasteiger partial charge in [-0.1, -0.05) is 23.8 Å². The second-order valence-corrected chi connectivity index (χ2v) is 4.07. The zero-order valence-electron chi connectivity index (χ0n) is 9.18. The summed E-state index contributed by atoms with van der Waals surface area (Å²) in [6, 6.07) is 6.74. The predicted octanol–water partition coefficient (Wildman–Crippen LogP) is 4.34. The van der Waals surface area contributed by atoms with Crippen LogP contribution in [0, 0.1) is 5.82 Å². The fourth-order valence-electron chi connectivity index (χ4n) is 1.97. The molecule has 1 heteroatoms. The highest BCUT2D eigenvalue weighted by Gasteiger charge is 2.10. The first-order chi connectivity index (χ1) is 7.18. The van der Waals surface area contributed by atoms with Crippen LogP contribution in [0.15, 0.2) is 41.5 Å². The topological polar surface area (TPSA) is 0 Å². The zero-order valence-corrected chi connectivity index (χ0v) is 9.18. The molecule has 1 aromatic carbocycles. The van der Waals surface area contributed by atoms with Crippen LogP contribution in [-0.2, 0) is 0 Å². The van der Waals surface area contributed by atoms with Crippen molar-refractivity contribution in [3.63, 3.8) is 0 Å². The van der Waals surface area contributed by atoms with Gasteiger partial charge in [0.2, 0.25) is 0 Å². The number of halogens is 1. The Morgan fingerprint density at radius 3 is 2.40 bits per heavy atom. The Morgan fingerprint density at radius 1 is 1.07 bits per heavy atom. The van der Waals surface area contributed by atoms with Crippen LogP contribution in [0.5, 0.6) is 0 Å². The van der Waals surface area contributed by atoms with Crippen molar-refractivity contribution in [2.45, 2.75) is 26.7 Å². The smallest absolute Gasteiger partial charge is 0.123 e. The summed E-state index contributed by atoms with van der Waals surface area (Å²) >= 11 is 0. The van der Waals surface area contributed by atoms with Gasteiger partial charge in [-0.2, -0.15) is 0 Å². The summed E-state index contributed by atoms with van der Waals surface area (Å²) in [5.74, 6) is -0.173. The molecule has 0 radical (unpaired) electrons. The third kappa shape index (κ3) is 2.01. The molecular weight excluding hydrogens is 187 g/mol. The Morgan fingerprint density at radius 2 is 1.73 bits per heavy atom. The molecule has 0 saturated carbocycles. The van der Waals surface area contributed by atoms with E-state index < -0.39 is 0 Å². The van der Waals surface area contributed by atoms with Crippen LogP contribution in [0.4, 0.5) is 4.39 Å². The lowest BCUT2D eigenvalue weighted by molar-refractivity contribution is 0.627. The first kappa shape index (κ1) is 10.2.